The maximum Gasteiger partial charge on any atom is 0.143 e. The average molecular weight is 239 g/mol. The highest BCUT2D eigenvalue weighted by Crippen LogP contribution is 2.28. The Labute approximate surface area is 105 Å². The summed E-state index contributed by atoms with van der Waals surface area (Å²) >= 11 is 0. The van der Waals surface area contributed by atoms with Crippen molar-refractivity contribution in [2.75, 3.05) is 12.8 Å². The molecule has 18 heavy (non-hydrogen) atoms. The second kappa shape index (κ2) is 4.07. The van der Waals surface area contributed by atoms with Crippen molar-refractivity contribution in [2.45, 2.75) is 0 Å². The number of ether oxygens (including phenoxy) is 1. The van der Waals surface area contributed by atoms with Gasteiger partial charge in [-0.2, -0.15) is 0 Å². The average Bonchev–Trinajstić information content (AvgIpc) is 2.82. The second-order valence-electron chi connectivity index (χ2n) is 4.03. The van der Waals surface area contributed by atoms with E-state index in [1.807, 2.05) is 47.0 Å². The van der Waals surface area contributed by atoms with E-state index in [9.17, 15) is 0 Å². The molecule has 0 aliphatic rings. The van der Waals surface area contributed by atoms with Crippen LogP contribution < -0.4 is 10.5 Å². The summed E-state index contributed by atoms with van der Waals surface area (Å²) in [6.07, 6.45) is 1.78. The molecule has 3 rings (SSSR count). The van der Waals surface area contributed by atoms with E-state index in [-0.39, 0.29) is 0 Å². The summed E-state index contributed by atoms with van der Waals surface area (Å²) in [7, 11) is 1.65. The molecule has 0 aliphatic heterocycles. The SMILES string of the molecule is COc1ccc(N)cc1-n1cnc2ccccc21. The van der Waals surface area contributed by atoms with Crippen molar-refractivity contribution in [1.29, 1.82) is 0 Å². The van der Waals surface area contributed by atoms with Crippen LogP contribution in [0.25, 0.3) is 16.7 Å². The van der Waals surface area contributed by atoms with Gasteiger partial charge in [-0.25, -0.2) is 4.98 Å². The molecule has 1 aromatic heterocycles. The highest BCUT2D eigenvalue weighted by atomic mass is 16.5. The zero-order valence-corrected chi connectivity index (χ0v) is 10.00. The topological polar surface area (TPSA) is 53.1 Å². The molecular weight excluding hydrogens is 226 g/mol. The van der Waals surface area contributed by atoms with Crippen LogP contribution in [0.15, 0.2) is 48.8 Å². The number of methoxy groups -OCH3 is 1. The number of nitrogens with zero attached hydrogens (tertiary/aromatic N) is 2. The fourth-order valence-electron chi connectivity index (χ4n) is 2.05. The van der Waals surface area contributed by atoms with Crippen molar-refractivity contribution >= 4 is 16.7 Å². The maximum atomic E-state index is 5.84. The van der Waals surface area contributed by atoms with Crippen LogP contribution in [0.5, 0.6) is 5.75 Å². The number of anilines is 1. The number of hydrogen-bond donors (Lipinski definition) is 1. The summed E-state index contributed by atoms with van der Waals surface area (Å²) in [6.45, 7) is 0. The number of rotatable bonds is 2. The van der Waals surface area contributed by atoms with E-state index in [1.54, 1.807) is 13.4 Å². The predicted octanol–water partition coefficient (Wildman–Crippen LogP) is 2.62. The number of imidazole rings is 1. The number of para-hydroxylation sites is 2. The Hall–Kier alpha value is -2.49. The number of hydrogen-bond acceptors (Lipinski definition) is 3. The van der Waals surface area contributed by atoms with Crippen LogP contribution in [0.3, 0.4) is 0 Å². The molecular formula is C14H13N3O. The first-order valence-electron chi connectivity index (χ1n) is 5.65. The molecule has 3 aromatic rings. The smallest absolute Gasteiger partial charge is 0.143 e. The highest BCUT2D eigenvalue weighted by Gasteiger charge is 2.09. The Morgan fingerprint density at radius 3 is 2.83 bits per heavy atom. The molecule has 4 nitrogen and oxygen atoms in total. The standard InChI is InChI=1S/C14H13N3O/c1-18-14-7-6-10(15)8-13(14)17-9-16-11-4-2-3-5-12(11)17/h2-9H,15H2,1H3. The summed E-state index contributed by atoms with van der Waals surface area (Å²) in [5.41, 5.74) is 9.41. The van der Waals surface area contributed by atoms with Gasteiger partial charge in [0.05, 0.1) is 23.8 Å². The molecule has 2 aromatic carbocycles. The van der Waals surface area contributed by atoms with Gasteiger partial charge in [0.15, 0.2) is 0 Å². The monoisotopic (exact) mass is 239 g/mol. The lowest BCUT2D eigenvalue weighted by Crippen LogP contribution is -1.98. The van der Waals surface area contributed by atoms with Crippen LogP contribution in [-0.2, 0) is 0 Å². The van der Waals surface area contributed by atoms with Crippen LogP contribution in [0.4, 0.5) is 5.69 Å². The van der Waals surface area contributed by atoms with Gasteiger partial charge in [0.1, 0.15) is 12.1 Å². The molecule has 0 amide bonds. The normalized spacial score (nSPS) is 10.7. The number of aromatic nitrogens is 2. The zero-order chi connectivity index (χ0) is 12.5. The van der Waals surface area contributed by atoms with Gasteiger partial charge in [0.25, 0.3) is 0 Å². The van der Waals surface area contributed by atoms with Gasteiger partial charge in [-0.3, -0.25) is 4.57 Å². The third-order valence-electron chi connectivity index (χ3n) is 2.92. The van der Waals surface area contributed by atoms with Crippen LogP contribution in [-0.4, -0.2) is 16.7 Å². The van der Waals surface area contributed by atoms with Crippen molar-refractivity contribution in [3.8, 4) is 11.4 Å². The lowest BCUT2D eigenvalue weighted by atomic mass is 10.2. The first-order valence-corrected chi connectivity index (χ1v) is 5.65. The summed E-state index contributed by atoms with van der Waals surface area (Å²) in [4.78, 5) is 4.37. The van der Waals surface area contributed by atoms with Crippen molar-refractivity contribution in [1.82, 2.24) is 9.55 Å². The molecule has 0 fully saturated rings. The Morgan fingerprint density at radius 1 is 1.17 bits per heavy atom. The van der Waals surface area contributed by atoms with Gasteiger partial charge in [-0.05, 0) is 30.3 Å². The minimum atomic E-state index is 0.698. The zero-order valence-electron chi connectivity index (χ0n) is 10.00. The maximum absolute atomic E-state index is 5.84. The molecule has 0 spiro atoms. The summed E-state index contributed by atoms with van der Waals surface area (Å²) < 4.78 is 7.35. The van der Waals surface area contributed by atoms with Crippen molar-refractivity contribution in [3.63, 3.8) is 0 Å². The number of nitrogen functional groups attached to an aromatic ring is 1. The number of benzene rings is 2. The van der Waals surface area contributed by atoms with Crippen LogP contribution in [0.1, 0.15) is 0 Å². The van der Waals surface area contributed by atoms with Crippen molar-refractivity contribution in [3.05, 3.63) is 48.8 Å². The Balaban J connectivity index is 2.29. The number of fused-ring (bicyclic) bond motifs is 1. The van der Waals surface area contributed by atoms with Crippen LogP contribution >= 0.6 is 0 Å². The molecule has 0 aliphatic carbocycles. The minimum Gasteiger partial charge on any atom is -0.495 e. The van der Waals surface area contributed by atoms with Gasteiger partial charge < -0.3 is 10.5 Å². The molecule has 0 bridgehead atoms. The molecule has 0 saturated heterocycles. The molecule has 0 radical (unpaired) electrons. The predicted molar refractivity (Wildman–Crippen MR) is 72.0 cm³/mol. The fraction of sp³-hybridized carbons (Fsp3) is 0.0714. The Kier molecular flexibility index (Phi) is 2.41. The second-order valence-corrected chi connectivity index (χ2v) is 4.03. The summed E-state index contributed by atoms with van der Waals surface area (Å²) in [5.74, 6) is 0.771. The highest BCUT2D eigenvalue weighted by molar-refractivity contribution is 5.78. The van der Waals surface area contributed by atoms with E-state index in [4.69, 9.17) is 10.5 Å². The van der Waals surface area contributed by atoms with Gasteiger partial charge in [0, 0.05) is 5.69 Å². The fourth-order valence-corrected chi connectivity index (χ4v) is 2.05. The largest absolute Gasteiger partial charge is 0.495 e. The van der Waals surface area contributed by atoms with Gasteiger partial charge in [-0.1, -0.05) is 12.1 Å². The van der Waals surface area contributed by atoms with Gasteiger partial charge in [0.2, 0.25) is 0 Å². The summed E-state index contributed by atoms with van der Waals surface area (Å²) in [6, 6.07) is 13.5. The Bertz CT molecular complexity index is 703. The van der Waals surface area contributed by atoms with Crippen molar-refractivity contribution in [2.24, 2.45) is 0 Å². The third-order valence-corrected chi connectivity index (χ3v) is 2.92. The molecule has 4 heteroatoms. The van der Waals surface area contributed by atoms with E-state index >= 15 is 0 Å². The van der Waals surface area contributed by atoms with E-state index in [1.165, 1.54) is 0 Å². The minimum absolute atomic E-state index is 0.698. The molecule has 2 N–H and O–H groups in total. The van der Waals surface area contributed by atoms with E-state index in [0.29, 0.717) is 5.69 Å². The van der Waals surface area contributed by atoms with Gasteiger partial charge in [-0.15, -0.1) is 0 Å². The third kappa shape index (κ3) is 1.59. The van der Waals surface area contributed by atoms with Crippen LogP contribution in [0, 0.1) is 0 Å². The van der Waals surface area contributed by atoms with Crippen LogP contribution in [0.2, 0.25) is 0 Å². The molecule has 90 valence electrons. The molecule has 1 heterocycles. The first kappa shape index (κ1) is 10.7. The first-order chi connectivity index (χ1) is 8.79. The van der Waals surface area contributed by atoms with E-state index < -0.39 is 0 Å². The van der Waals surface area contributed by atoms with E-state index in [2.05, 4.69) is 4.98 Å². The quantitative estimate of drug-likeness (QED) is 0.699. The molecule has 0 atom stereocenters. The summed E-state index contributed by atoms with van der Waals surface area (Å²) in [5, 5.41) is 0. The molecule has 0 saturated carbocycles. The Morgan fingerprint density at radius 2 is 2.00 bits per heavy atom. The number of nitrogens with two attached hydrogens (primary N) is 1. The van der Waals surface area contributed by atoms with Crippen molar-refractivity contribution < 1.29 is 4.74 Å². The lowest BCUT2D eigenvalue weighted by molar-refractivity contribution is 0.413. The van der Waals surface area contributed by atoms with Gasteiger partial charge >= 0.3 is 0 Å². The van der Waals surface area contributed by atoms with E-state index in [0.717, 1.165) is 22.5 Å². The lowest BCUT2D eigenvalue weighted by Gasteiger charge is -2.10. The molecule has 0 unspecified atom stereocenters.